The Morgan fingerprint density at radius 1 is 0.966 bits per heavy atom. The SMILES string of the molecule is Cc1ccc(OCCCC(=O)N2CCCN(C(=O)c3ccccc3F)CC2)cc1. The Morgan fingerprint density at radius 3 is 2.41 bits per heavy atom. The highest BCUT2D eigenvalue weighted by Crippen LogP contribution is 2.14. The standard InChI is InChI=1S/C23H27FN2O3/c1-18-9-11-19(12-10-18)29-17-4-8-22(27)25-13-5-14-26(16-15-25)23(28)20-6-2-3-7-21(20)24/h2-3,6-7,9-12H,4-5,8,13-17H2,1H3. The average Bonchev–Trinajstić information content (AvgIpc) is 2.98. The molecule has 6 heteroatoms. The van der Waals surface area contributed by atoms with Crippen molar-refractivity contribution in [1.29, 1.82) is 0 Å². The van der Waals surface area contributed by atoms with E-state index >= 15 is 0 Å². The fraction of sp³-hybridized carbons (Fsp3) is 0.391. The molecule has 2 amide bonds. The summed E-state index contributed by atoms with van der Waals surface area (Å²) >= 11 is 0. The number of hydrogen-bond acceptors (Lipinski definition) is 3. The second kappa shape index (κ2) is 10.0. The van der Waals surface area contributed by atoms with Gasteiger partial charge in [-0.15, -0.1) is 0 Å². The van der Waals surface area contributed by atoms with Crippen molar-refractivity contribution in [2.75, 3.05) is 32.8 Å². The van der Waals surface area contributed by atoms with Crippen LogP contribution in [0.25, 0.3) is 0 Å². The van der Waals surface area contributed by atoms with Crippen LogP contribution in [0.3, 0.4) is 0 Å². The fourth-order valence-corrected chi connectivity index (χ4v) is 3.38. The zero-order valence-corrected chi connectivity index (χ0v) is 16.8. The van der Waals surface area contributed by atoms with Gasteiger partial charge in [0.05, 0.1) is 12.2 Å². The van der Waals surface area contributed by atoms with E-state index in [1.54, 1.807) is 21.9 Å². The fourth-order valence-electron chi connectivity index (χ4n) is 3.38. The molecule has 1 aliphatic heterocycles. The van der Waals surface area contributed by atoms with Gasteiger partial charge in [0.2, 0.25) is 5.91 Å². The molecule has 3 rings (SSSR count). The van der Waals surface area contributed by atoms with Crippen LogP contribution in [0.4, 0.5) is 4.39 Å². The molecule has 1 fully saturated rings. The van der Waals surface area contributed by atoms with E-state index in [2.05, 4.69) is 0 Å². The van der Waals surface area contributed by atoms with Crippen LogP contribution in [0, 0.1) is 12.7 Å². The molecule has 5 nitrogen and oxygen atoms in total. The van der Waals surface area contributed by atoms with Crippen LogP contribution in [-0.2, 0) is 4.79 Å². The summed E-state index contributed by atoms with van der Waals surface area (Å²) in [5.41, 5.74) is 1.26. The molecule has 0 N–H and O–H groups in total. The van der Waals surface area contributed by atoms with Crippen LogP contribution < -0.4 is 4.74 Å². The molecule has 1 aliphatic rings. The molecule has 0 radical (unpaired) electrons. The number of amides is 2. The van der Waals surface area contributed by atoms with Gasteiger partial charge >= 0.3 is 0 Å². The maximum absolute atomic E-state index is 13.9. The van der Waals surface area contributed by atoms with E-state index in [0.717, 1.165) is 5.75 Å². The molecule has 0 saturated carbocycles. The highest BCUT2D eigenvalue weighted by Gasteiger charge is 2.24. The Hall–Kier alpha value is -2.89. The van der Waals surface area contributed by atoms with Crippen molar-refractivity contribution in [3.63, 3.8) is 0 Å². The lowest BCUT2D eigenvalue weighted by Gasteiger charge is -2.22. The summed E-state index contributed by atoms with van der Waals surface area (Å²) in [5.74, 6) is 0.0463. The van der Waals surface area contributed by atoms with E-state index in [1.807, 2.05) is 31.2 Å². The third kappa shape index (κ3) is 5.79. The quantitative estimate of drug-likeness (QED) is 0.698. The van der Waals surface area contributed by atoms with Gasteiger partial charge in [-0.05, 0) is 44.0 Å². The molecule has 0 bridgehead atoms. The third-order valence-electron chi connectivity index (χ3n) is 5.06. The van der Waals surface area contributed by atoms with E-state index in [-0.39, 0.29) is 17.4 Å². The van der Waals surface area contributed by atoms with Crippen molar-refractivity contribution in [2.24, 2.45) is 0 Å². The summed E-state index contributed by atoms with van der Waals surface area (Å²) in [7, 11) is 0. The van der Waals surface area contributed by atoms with Crippen LogP contribution in [0.15, 0.2) is 48.5 Å². The number of carbonyl (C=O) groups is 2. The molecular formula is C23H27FN2O3. The summed E-state index contributed by atoms with van der Waals surface area (Å²) in [6, 6.07) is 13.8. The first-order valence-electron chi connectivity index (χ1n) is 10.1. The zero-order valence-electron chi connectivity index (χ0n) is 16.8. The molecule has 0 spiro atoms. The lowest BCUT2D eigenvalue weighted by Crippen LogP contribution is -2.37. The van der Waals surface area contributed by atoms with E-state index in [1.165, 1.54) is 17.7 Å². The largest absolute Gasteiger partial charge is 0.494 e. The van der Waals surface area contributed by atoms with E-state index in [4.69, 9.17) is 4.74 Å². The lowest BCUT2D eigenvalue weighted by molar-refractivity contribution is -0.131. The van der Waals surface area contributed by atoms with Gasteiger partial charge in [-0.3, -0.25) is 9.59 Å². The molecule has 29 heavy (non-hydrogen) atoms. The molecule has 154 valence electrons. The van der Waals surface area contributed by atoms with Crippen molar-refractivity contribution < 1.29 is 18.7 Å². The molecule has 0 aliphatic carbocycles. The number of halogens is 1. The van der Waals surface area contributed by atoms with Crippen LogP contribution >= 0.6 is 0 Å². The van der Waals surface area contributed by atoms with Gasteiger partial charge in [-0.1, -0.05) is 29.8 Å². The first-order chi connectivity index (χ1) is 14.0. The van der Waals surface area contributed by atoms with E-state index < -0.39 is 5.82 Å². The van der Waals surface area contributed by atoms with Crippen molar-refractivity contribution >= 4 is 11.8 Å². The van der Waals surface area contributed by atoms with Gasteiger partial charge in [-0.2, -0.15) is 0 Å². The molecule has 0 aromatic heterocycles. The number of hydrogen-bond donors (Lipinski definition) is 0. The second-order valence-electron chi connectivity index (χ2n) is 7.27. The maximum atomic E-state index is 13.9. The van der Waals surface area contributed by atoms with Gasteiger partial charge in [-0.25, -0.2) is 4.39 Å². The molecule has 2 aromatic rings. The van der Waals surface area contributed by atoms with Crippen molar-refractivity contribution in [1.82, 2.24) is 9.80 Å². The van der Waals surface area contributed by atoms with Crippen LogP contribution in [0.2, 0.25) is 0 Å². The molecule has 0 atom stereocenters. The van der Waals surface area contributed by atoms with Crippen LogP contribution in [-0.4, -0.2) is 54.4 Å². The van der Waals surface area contributed by atoms with Gasteiger partial charge in [0.25, 0.3) is 5.91 Å². The summed E-state index contributed by atoms with van der Waals surface area (Å²) in [5, 5.41) is 0. The summed E-state index contributed by atoms with van der Waals surface area (Å²) < 4.78 is 19.6. The average molecular weight is 398 g/mol. The van der Waals surface area contributed by atoms with Gasteiger partial charge in [0, 0.05) is 32.6 Å². The molecular weight excluding hydrogens is 371 g/mol. The Morgan fingerprint density at radius 2 is 1.66 bits per heavy atom. The zero-order chi connectivity index (χ0) is 20.6. The van der Waals surface area contributed by atoms with Gasteiger partial charge < -0.3 is 14.5 Å². The van der Waals surface area contributed by atoms with Crippen molar-refractivity contribution in [3.05, 3.63) is 65.5 Å². The monoisotopic (exact) mass is 398 g/mol. The second-order valence-corrected chi connectivity index (χ2v) is 7.27. The van der Waals surface area contributed by atoms with Crippen molar-refractivity contribution in [3.8, 4) is 5.75 Å². The van der Waals surface area contributed by atoms with Crippen LogP contribution in [0.1, 0.15) is 35.2 Å². The van der Waals surface area contributed by atoms with Gasteiger partial charge in [0.1, 0.15) is 11.6 Å². The van der Waals surface area contributed by atoms with Crippen molar-refractivity contribution in [2.45, 2.75) is 26.2 Å². The van der Waals surface area contributed by atoms with E-state index in [9.17, 15) is 14.0 Å². The Labute approximate surface area is 171 Å². The first-order valence-corrected chi connectivity index (χ1v) is 10.1. The first kappa shape index (κ1) is 20.8. The molecule has 2 aromatic carbocycles. The maximum Gasteiger partial charge on any atom is 0.256 e. The predicted molar refractivity (Wildman–Crippen MR) is 109 cm³/mol. The summed E-state index contributed by atoms with van der Waals surface area (Å²) in [6.45, 7) is 4.53. The smallest absolute Gasteiger partial charge is 0.256 e. The van der Waals surface area contributed by atoms with Gasteiger partial charge in [0.15, 0.2) is 0 Å². The number of ether oxygens (including phenoxy) is 1. The summed E-state index contributed by atoms with van der Waals surface area (Å²) in [4.78, 5) is 28.5. The number of rotatable bonds is 6. The Balaban J connectivity index is 1.43. The number of benzene rings is 2. The Kier molecular flexibility index (Phi) is 7.22. The Bertz CT molecular complexity index is 838. The number of nitrogens with zero attached hydrogens (tertiary/aromatic N) is 2. The lowest BCUT2D eigenvalue weighted by atomic mass is 10.2. The minimum absolute atomic E-state index is 0.0673. The highest BCUT2D eigenvalue weighted by molar-refractivity contribution is 5.94. The van der Waals surface area contributed by atoms with E-state index in [0.29, 0.717) is 52.0 Å². The van der Waals surface area contributed by atoms with Crippen LogP contribution in [0.5, 0.6) is 5.75 Å². The molecule has 1 saturated heterocycles. The summed E-state index contributed by atoms with van der Waals surface area (Å²) in [6.07, 6.45) is 1.74. The third-order valence-corrected chi connectivity index (χ3v) is 5.06. The predicted octanol–water partition coefficient (Wildman–Crippen LogP) is 3.67. The highest BCUT2D eigenvalue weighted by atomic mass is 19.1. The number of carbonyl (C=O) groups excluding carboxylic acids is 2. The minimum Gasteiger partial charge on any atom is -0.494 e. The number of aryl methyl sites for hydroxylation is 1. The minimum atomic E-state index is -0.511. The normalized spacial score (nSPS) is 14.4. The topological polar surface area (TPSA) is 49.9 Å². The molecule has 1 heterocycles. The molecule has 0 unspecified atom stereocenters.